The van der Waals surface area contributed by atoms with Crippen LogP contribution in [0, 0.1) is 0 Å². The van der Waals surface area contributed by atoms with Crippen molar-refractivity contribution < 1.29 is 0 Å². The van der Waals surface area contributed by atoms with Gasteiger partial charge in [-0.2, -0.15) is 0 Å². The fraction of sp³-hybridized carbons (Fsp3) is 0.256. The van der Waals surface area contributed by atoms with Crippen LogP contribution >= 0.6 is 0 Å². The summed E-state index contributed by atoms with van der Waals surface area (Å²) in [5, 5.41) is 20.8. The van der Waals surface area contributed by atoms with E-state index in [-0.39, 0.29) is 12.1 Å². The molecule has 15 nitrogen and oxygen atoms in total. The number of guanidine groups is 1. The number of nitrogens with two attached hydrogens (primary N) is 2. The van der Waals surface area contributed by atoms with Crippen molar-refractivity contribution in [3.8, 4) is 0 Å². The molecule has 6 aromatic rings. The highest BCUT2D eigenvalue weighted by atomic mass is 15.2. The second-order valence-corrected chi connectivity index (χ2v) is 15.6. The van der Waals surface area contributed by atoms with Gasteiger partial charge in [0, 0.05) is 84.7 Å². The van der Waals surface area contributed by atoms with Crippen LogP contribution in [-0.2, 0) is 0 Å². The first kappa shape index (κ1) is 36.6. The zero-order chi connectivity index (χ0) is 40.2. The van der Waals surface area contributed by atoms with Crippen molar-refractivity contribution in [3.63, 3.8) is 0 Å². The molecule has 15 heteroatoms. The van der Waals surface area contributed by atoms with E-state index in [2.05, 4.69) is 90.2 Å². The van der Waals surface area contributed by atoms with E-state index < -0.39 is 6.17 Å². The number of aromatic nitrogens is 2. The van der Waals surface area contributed by atoms with Crippen LogP contribution in [0.2, 0.25) is 0 Å². The summed E-state index contributed by atoms with van der Waals surface area (Å²) < 4.78 is 0. The molecule has 0 aliphatic carbocycles. The minimum absolute atomic E-state index is 0.0910. The Morgan fingerprint density at radius 1 is 0.672 bits per heavy atom. The minimum atomic E-state index is -0.502. The van der Waals surface area contributed by atoms with Gasteiger partial charge < -0.3 is 42.7 Å². The molecule has 58 heavy (non-hydrogen) atoms. The van der Waals surface area contributed by atoms with E-state index in [1.807, 2.05) is 60.7 Å². The zero-order valence-corrected chi connectivity index (χ0v) is 33.3. The van der Waals surface area contributed by atoms with Crippen LogP contribution in [0.1, 0.15) is 70.0 Å². The Labute approximate surface area is 335 Å². The van der Waals surface area contributed by atoms with Crippen molar-refractivity contribution in [2.45, 2.75) is 65.8 Å². The lowest BCUT2D eigenvalue weighted by Crippen LogP contribution is -2.36. The summed E-state index contributed by atoms with van der Waals surface area (Å²) in [6, 6.07) is 24.4. The number of hydrogen-bond acceptors (Lipinski definition) is 11. The quantitative estimate of drug-likeness (QED) is 0.0418. The van der Waals surface area contributed by atoms with E-state index in [9.17, 15) is 0 Å². The SMILES string of the molecule is CC(C)N=C(Nc1ccc2c3[nH]c(c2c1)/N=C1\NC(/N=c2\[nH]c(c4cc(N)ccc24)=NC2=N/C(=N\3)c3cc(NCNC(C)C)ccc32)c2cc(N)ccc21)NC(C)C. The predicted molar refractivity (Wildman–Crippen MR) is 237 cm³/mol. The molecule has 11 N–H and O–H groups in total. The van der Waals surface area contributed by atoms with Crippen molar-refractivity contribution in [1.82, 2.24) is 25.9 Å². The molecule has 0 saturated heterocycles. The molecule has 3 aliphatic rings. The van der Waals surface area contributed by atoms with Crippen molar-refractivity contribution in [1.29, 1.82) is 0 Å². The van der Waals surface area contributed by atoms with Gasteiger partial charge >= 0.3 is 0 Å². The molecule has 9 rings (SSSR count). The summed E-state index contributed by atoms with van der Waals surface area (Å²) in [5.41, 5.74) is 20.4. The number of hydrogen-bond donors (Lipinski definition) is 9. The number of H-pyrrole nitrogens is 2. The average molecular weight is 774 g/mol. The Morgan fingerprint density at radius 2 is 1.41 bits per heavy atom. The maximum absolute atomic E-state index is 6.36. The van der Waals surface area contributed by atoms with Crippen LogP contribution in [0.3, 0.4) is 0 Å². The number of benzene rings is 4. The van der Waals surface area contributed by atoms with E-state index in [0.717, 1.165) is 55.2 Å². The summed E-state index contributed by atoms with van der Waals surface area (Å²) in [5.74, 6) is 3.57. The topological polar surface area (TPSA) is 218 Å². The molecule has 1 unspecified atom stereocenters. The van der Waals surface area contributed by atoms with Gasteiger partial charge in [0.15, 0.2) is 17.6 Å². The van der Waals surface area contributed by atoms with Crippen molar-refractivity contribution in [2.75, 3.05) is 28.8 Å². The second kappa shape index (κ2) is 14.5. The third kappa shape index (κ3) is 7.00. The monoisotopic (exact) mass is 773 g/mol. The molecule has 1 atom stereocenters. The number of nitrogens with zero attached hydrogens (tertiary/aromatic N) is 6. The minimum Gasteiger partial charge on any atom is -0.399 e. The number of amidine groups is 3. The zero-order valence-electron chi connectivity index (χ0n) is 33.3. The summed E-state index contributed by atoms with van der Waals surface area (Å²) in [4.78, 5) is 37.8. The van der Waals surface area contributed by atoms with Crippen LogP contribution in [0.15, 0.2) is 103 Å². The number of anilines is 4. The lowest BCUT2D eigenvalue weighted by molar-refractivity contribution is 0.618. The Bertz CT molecular complexity index is 2870. The summed E-state index contributed by atoms with van der Waals surface area (Å²) in [6.45, 7) is 13.1. The smallest absolute Gasteiger partial charge is 0.196 e. The number of rotatable bonds is 7. The molecule has 4 aromatic carbocycles. The fourth-order valence-corrected chi connectivity index (χ4v) is 7.36. The molecule has 2 aromatic heterocycles. The number of aliphatic imine (C=N–C) groups is 4. The van der Waals surface area contributed by atoms with Crippen LogP contribution in [0.25, 0.3) is 21.5 Å². The van der Waals surface area contributed by atoms with E-state index in [4.69, 9.17) is 41.4 Å². The summed E-state index contributed by atoms with van der Waals surface area (Å²) in [6.07, 6.45) is -0.502. The Kier molecular flexibility index (Phi) is 9.15. The first-order valence-corrected chi connectivity index (χ1v) is 19.6. The maximum Gasteiger partial charge on any atom is 0.196 e. The highest BCUT2D eigenvalue weighted by Gasteiger charge is 2.29. The van der Waals surface area contributed by atoms with Crippen molar-refractivity contribution in [2.24, 2.45) is 30.0 Å². The number of nitrogens with one attached hydrogen (secondary N) is 7. The van der Waals surface area contributed by atoms with Gasteiger partial charge in [-0.3, -0.25) is 10.3 Å². The van der Waals surface area contributed by atoms with Gasteiger partial charge in [-0.1, -0.05) is 0 Å². The molecule has 0 amide bonds. The second-order valence-electron chi connectivity index (χ2n) is 15.6. The van der Waals surface area contributed by atoms with Crippen LogP contribution < -0.4 is 49.0 Å². The Hall–Kier alpha value is -7.00. The predicted octanol–water partition coefficient (Wildman–Crippen LogP) is 5.83. The molecule has 3 aliphatic heterocycles. The van der Waals surface area contributed by atoms with E-state index in [0.29, 0.717) is 70.2 Å². The highest BCUT2D eigenvalue weighted by Crippen LogP contribution is 2.39. The van der Waals surface area contributed by atoms with Crippen LogP contribution in [0.4, 0.5) is 34.4 Å². The van der Waals surface area contributed by atoms with Crippen molar-refractivity contribution in [3.05, 3.63) is 106 Å². The van der Waals surface area contributed by atoms with Gasteiger partial charge in [-0.15, -0.1) is 0 Å². The standard InChI is InChI=1S/C43H47N15/c1-20(2)46-19-47-25-9-13-29-33(17-25)41-56-37(29)54-40-31-15-23(44)7-11-27(31)35(52-40)51-39-32-16-24(45)8-12-28(32)36(53-39)55-42-34-18-26(10-14-30(34)38(57-41)58-42)50-43(48-21(3)4)49-22(5)6/h7-18,20-22,39,46-47,58H,19,44-45H2,1-6H3,(H,53,55)(H2,48,49,50)(H,51,52,54,56,57). The van der Waals surface area contributed by atoms with Gasteiger partial charge in [-0.05, 0) is 114 Å². The van der Waals surface area contributed by atoms with Crippen LogP contribution in [0.5, 0.6) is 0 Å². The third-order valence-electron chi connectivity index (χ3n) is 9.96. The summed E-state index contributed by atoms with van der Waals surface area (Å²) >= 11 is 0. The lowest BCUT2D eigenvalue weighted by Gasteiger charge is -2.16. The van der Waals surface area contributed by atoms with Crippen LogP contribution in [-0.4, -0.2) is 58.2 Å². The van der Waals surface area contributed by atoms with Gasteiger partial charge in [0.2, 0.25) is 0 Å². The normalized spacial score (nSPS) is 18.2. The maximum atomic E-state index is 6.36. The van der Waals surface area contributed by atoms with E-state index in [1.165, 1.54) is 0 Å². The van der Waals surface area contributed by atoms with E-state index >= 15 is 0 Å². The molecule has 5 heterocycles. The third-order valence-corrected chi connectivity index (χ3v) is 9.96. The average Bonchev–Trinajstić information content (AvgIpc) is 3.88. The number of aromatic amines is 2. The highest BCUT2D eigenvalue weighted by molar-refractivity contribution is 6.24. The molecular weight excluding hydrogens is 727 g/mol. The van der Waals surface area contributed by atoms with Gasteiger partial charge in [0.1, 0.15) is 34.6 Å². The summed E-state index contributed by atoms with van der Waals surface area (Å²) in [7, 11) is 0. The Balaban J connectivity index is 1.29. The van der Waals surface area contributed by atoms with Crippen molar-refractivity contribution >= 4 is 79.4 Å². The number of nitrogen functional groups attached to an aromatic ring is 2. The molecule has 0 saturated carbocycles. The lowest BCUT2D eigenvalue weighted by atomic mass is 10.1. The first-order valence-electron chi connectivity index (χ1n) is 19.6. The van der Waals surface area contributed by atoms with Gasteiger partial charge in [0.05, 0.1) is 6.67 Å². The molecular formula is C43H47N15. The largest absolute Gasteiger partial charge is 0.399 e. The molecule has 0 spiro atoms. The molecule has 294 valence electrons. The molecule has 0 radical (unpaired) electrons. The first-order chi connectivity index (χ1) is 27.9. The van der Waals surface area contributed by atoms with Gasteiger partial charge in [0.25, 0.3) is 0 Å². The van der Waals surface area contributed by atoms with Gasteiger partial charge in [-0.25, -0.2) is 25.0 Å². The van der Waals surface area contributed by atoms with E-state index in [1.54, 1.807) is 0 Å². The molecule has 0 fully saturated rings. The molecule has 8 bridgehead atoms. The number of fused-ring (bicyclic) bond motifs is 19. The fourth-order valence-electron chi connectivity index (χ4n) is 7.36. The Morgan fingerprint density at radius 3 is 2.22 bits per heavy atom.